The smallest absolute Gasteiger partial charge is 0.307 e. The molecule has 4 nitrogen and oxygen atoms in total. The van der Waals surface area contributed by atoms with Crippen LogP contribution in [0.5, 0.6) is 0 Å². The molecule has 1 atom stereocenters. The molecule has 1 amide bonds. The van der Waals surface area contributed by atoms with E-state index >= 15 is 0 Å². The molecule has 5 heteroatoms. The summed E-state index contributed by atoms with van der Waals surface area (Å²) in [5.41, 5.74) is 1.49. The van der Waals surface area contributed by atoms with Crippen molar-refractivity contribution < 1.29 is 18.7 Å². The van der Waals surface area contributed by atoms with Gasteiger partial charge in [-0.2, -0.15) is 0 Å². The standard InChI is InChI=1S/C20H20FNO3/c21-16-9-6-14(7-10-16)8-13-18(23)25-19(15-4-2-1-3-5-15)20(24)22-17-11-12-17/h1-7,9-10,17,19H,8,11-13H2,(H,22,24)/t19-/m1/s1. The van der Waals surface area contributed by atoms with Crippen LogP contribution in [0.15, 0.2) is 54.6 Å². The van der Waals surface area contributed by atoms with Gasteiger partial charge < -0.3 is 10.1 Å². The molecule has 0 unspecified atom stereocenters. The third-order valence-corrected chi connectivity index (χ3v) is 4.04. The van der Waals surface area contributed by atoms with Gasteiger partial charge in [0.1, 0.15) is 5.82 Å². The Labute approximate surface area is 146 Å². The zero-order chi connectivity index (χ0) is 17.6. The fourth-order valence-corrected chi connectivity index (χ4v) is 2.49. The highest BCUT2D eigenvalue weighted by Gasteiger charge is 2.30. The Balaban J connectivity index is 1.61. The summed E-state index contributed by atoms with van der Waals surface area (Å²) in [5.74, 6) is -1.06. The van der Waals surface area contributed by atoms with Gasteiger partial charge in [0.2, 0.25) is 6.10 Å². The third-order valence-electron chi connectivity index (χ3n) is 4.04. The van der Waals surface area contributed by atoms with E-state index < -0.39 is 12.1 Å². The van der Waals surface area contributed by atoms with Crippen LogP contribution in [0.3, 0.4) is 0 Å². The monoisotopic (exact) mass is 341 g/mol. The van der Waals surface area contributed by atoms with Crippen molar-refractivity contribution in [3.63, 3.8) is 0 Å². The van der Waals surface area contributed by atoms with E-state index in [2.05, 4.69) is 5.32 Å². The van der Waals surface area contributed by atoms with Crippen molar-refractivity contribution in [2.75, 3.05) is 0 Å². The van der Waals surface area contributed by atoms with Crippen molar-refractivity contribution in [2.24, 2.45) is 0 Å². The number of nitrogens with one attached hydrogen (secondary N) is 1. The number of amides is 1. The van der Waals surface area contributed by atoms with Gasteiger partial charge >= 0.3 is 5.97 Å². The topological polar surface area (TPSA) is 55.4 Å². The summed E-state index contributed by atoms with van der Waals surface area (Å²) in [5, 5.41) is 2.88. The van der Waals surface area contributed by atoms with E-state index in [-0.39, 0.29) is 24.2 Å². The second-order valence-electron chi connectivity index (χ2n) is 6.19. The molecule has 0 aliphatic heterocycles. The SMILES string of the molecule is O=C(CCc1ccc(F)cc1)O[C@@H](C(=O)NC1CC1)c1ccccc1. The summed E-state index contributed by atoms with van der Waals surface area (Å²) in [6, 6.07) is 15.2. The van der Waals surface area contributed by atoms with Crippen molar-refractivity contribution in [1.29, 1.82) is 0 Å². The van der Waals surface area contributed by atoms with E-state index in [0.29, 0.717) is 12.0 Å². The van der Waals surface area contributed by atoms with Crippen LogP contribution < -0.4 is 5.32 Å². The van der Waals surface area contributed by atoms with E-state index in [1.54, 1.807) is 36.4 Å². The highest BCUT2D eigenvalue weighted by Crippen LogP contribution is 2.23. The van der Waals surface area contributed by atoms with Crippen LogP contribution in [0.4, 0.5) is 4.39 Å². The van der Waals surface area contributed by atoms with Crippen LogP contribution in [0.25, 0.3) is 0 Å². The summed E-state index contributed by atoms with van der Waals surface area (Å²) in [4.78, 5) is 24.6. The second-order valence-corrected chi connectivity index (χ2v) is 6.19. The van der Waals surface area contributed by atoms with Gasteiger partial charge in [-0.25, -0.2) is 4.39 Å². The number of benzene rings is 2. The third kappa shape index (κ3) is 5.14. The number of hydrogen-bond acceptors (Lipinski definition) is 3. The number of halogens is 1. The molecule has 2 aromatic rings. The van der Waals surface area contributed by atoms with Gasteiger partial charge in [0.15, 0.2) is 0 Å². The zero-order valence-electron chi connectivity index (χ0n) is 13.8. The number of carbonyl (C=O) groups is 2. The zero-order valence-corrected chi connectivity index (χ0v) is 13.8. The van der Waals surface area contributed by atoms with Crippen LogP contribution in [0.2, 0.25) is 0 Å². The second kappa shape index (κ2) is 7.92. The molecule has 2 aromatic carbocycles. The van der Waals surface area contributed by atoms with Gasteiger partial charge in [-0.05, 0) is 37.0 Å². The number of hydrogen-bond donors (Lipinski definition) is 1. The quantitative estimate of drug-likeness (QED) is 0.786. The first-order chi connectivity index (χ1) is 12.1. The number of esters is 1. The normalized spacial score (nSPS) is 14.6. The summed E-state index contributed by atoms with van der Waals surface area (Å²) >= 11 is 0. The molecule has 0 saturated heterocycles. The molecule has 1 aliphatic carbocycles. The predicted octanol–water partition coefficient (Wildman–Crippen LogP) is 3.32. The van der Waals surface area contributed by atoms with E-state index in [0.717, 1.165) is 18.4 Å². The molecule has 3 rings (SSSR count). The van der Waals surface area contributed by atoms with Crippen LogP contribution in [0.1, 0.15) is 36.5 Å². The van der Waals surface area contributed by atoms with E-state index in [1.165, 1.54) is 12.1 Å². The maximum atomic E-state index is 12.9. The number of carbonyl (C=O) groups excluding carboxylic acids is 2. The van der Waals surface area contributed by atoms with E-state index in [4.69, 9.17) is 4.74 Å². The Morgan fingerprint density at radius 2 is 1.76 bits per heavy atom. The minimum absolute atomic E-state index is 0.131. The Morgan fingerprint density at radius 3 is 2.40 bits per heavy atom. The fourth-order valence-electron chi connectivity index (χ4n) is 2.49. The first kappa shape index (κ1) is 17.1. The molecule has 0 bridgehead atoms. The maximum absolute atomic E-state index is 12.9. The largest absolute Gasteiger partial charge is 0.447 e. The highest BCUT2D eigenvalue weighted by molar-refractivity contribution is 5.85. The lowest BCUT2D eigenvalue weighted by atomic mass is 10.1. The highest BCUT2D eigenvalue weighted by atomic mass is 19.1. The van der Waals surface area contributed by atoms with Crippen molar-refractivity contribution in [2.45, 2.75) is 37.8 Å². The molecule has 130 valence electrons. The fraction of sp³-hybridized carbons (Fsp3) is 0.300. The van der Waals surface area contributed by atoms with Crippen molar-refractivity contribution in [3.05, 3.63) is 71.5 Å². The van der Waals surface area contributed by atoms with Crippen molar-refractivity contribution >= 4 is 11.9 Å². The molecule has 0 aromatic heterocycles. The van der Waals surface area contributed by atoms with E-state index in [1.807, 2.05) is 6.07 Å². The van der Waals surface area contributed by atoms with Gasteiger partial charge in [-0.1, -0.05) is 42.5 Å². The molecular weight excluding hydrogens is 321 g/mol. The average molecular weight is 341 g/mol. The van der Waals surface area contributed by atoms with Gasteiger partial charge in [0.25, 0.3) is 5.91 Å². The van der Waals surface area contributed by atoms with Gasteiger partial charge in [0, 0.05) is 18.0 Å². The first-order valence-corrected chi connectivity index (χ1v) is 8.41. The molecule has 1 fully saturated rings. The number of ether oxygens (including phenoxy) is 1. The molecule has 1 aliphatic rings. The number of aryl methyl sites for hydroxylation is 1. The average Bonchev–Trinajstić information content (AvgIpc) is 3.44. The van der Waals surface area contributed by atoms with Gasteiger partial charge in [0.05, 0.1) is 0 Å². The molecule has 0 heterocycles. The Kier molecular flexibility index (Phi) is 5.43. The maximum Gasteiger partial charge on any atom is 0.307 e. The van der Waals surface area contributed by atoms with Crippen LogP contribution in [-0.4, -0.2) is 17.9 Å². The van der Waals surface area contributed by atoms with Crippen LogP contribution in [-0.2, 0) is 20.7 Å². The minimum atomic E-state index is -0.942. The predicted molar refractivity (Wildman–Crippen MR) is 91.2 cm³/mol. The summed E-state index contributed by atoms with van der Waals surface area (Å²) < 4.78 is 18.4. The summed E-state index contributed by atoms with van der Waals surface area (Å²) in [6.07, 6.45) is 1.55. The van der Waals surface area contributed by atoms with Crippen LogP contribution in [0, 0.1) is 5.82 Å². The van der Waals surface area contributed by atoms with Crippen molar-refractivity contribution in [3.8, 4) is 0 Å². The molecular formula is C20H20FNO3. The molecule has 0 spiro atoms. The number of rotatable bonds is 7. The summed E-state index contributed by atoms with van der Waals surface area (Å²) in [7, 11) is 0. The lowest BCUT2D eigenvalue weighted by Crippen LogP contribution is -2.33. The molecule has 1 N–H and O–H groups in total. The molecule has 1 saturated carbocycles. The van der Waals surface area contributed by atoms with Crippen LogP contribution >= 0.6 is 0 Å². The molecule has 25 heavy (non-hydrogen) atoms. The Bertz CT molecular complexity index is 726. The molecule has 0 radical (unpaired) electrons. The minimum Gasteiger partial charge on any atom is -0.447 e. The Hall–Kier alpha value is -2.69. The first-order valence-electron chi connectivity index (χ1n) is 8.41. The lowest BCUT2D eigenvalue weighted by molar-refractivity contribution is -0.156. The van der Waals surface area contributed by atoms with E-state index in [9.17, 15) is 14.0 Å². The summed E-state index contributed by atoms with van der Waals surface area (Å²) in [6.45, 7) is 0. The van der Waals surface area contributed by atoms with Gasteiger partial charge in [-0.3, -0.25) is 9.59 Å². The van der Waals surface area contributed by atoms with Crippen molar-refractivity contribution in [1.82, 2.24) is 5.32 Å². The lowest BCUT2D eigenvalue weighted by Gasteiger charge is -2.18. The Morgan fingerprint density at radius 1 is 1.08 bits per heavy atom. The van der Waals surface area contributed by atoms with Gasteiger partial charge in [-0.15, -0.1) is 0 Å².